The molecule has 0 radical (unpaired) electrons. The number of amides is 1. The second-order valence-electron chi connectivity index (χ2n) is 14.0. The Balaban J connectivity index is 1.27. The zero-order valence-corrected chi connectivity index (χ0v) is 27.6. The van der Waals surface area contributed by atoms with Crippen molar-refractivity contribution in [3.05, 3.63) is 52.7 Å². The first-order valence-electron chi connectivity index (χ1n) is 16.0. The molecule has 2 fully saturated rings. The Bertz CT molecular complexity index is 1610. The van der Waals surface area contributed by atoms with Crippen LogP contribution in [0.4, 0.5) is 16.3 Å². The monoisotopic (exact) mass is 630 g/mol. The van der Waals surface area contributed by atoms with E-state index in [1.165, 1.54) is 0 Å². The van der Waals surface area contributed by atoms with Crippen molar-refractivity contribution in [1.82, 2.24) is 14.9 Å². The maximum Gasteiger partial charge on any atom is 0.410 e. The Kier molecular flexibility index (Phi) is 8.71. The van der Waals surface area contributed by atoms with Gasteiger partial charge in [0.25, 0.3) is 0 Å². The highest BCUT2D eigenvalue weighted by Gasteiger charge is 2.46. The van der Waals surface area contributed by atoms with E-state index in [2.05, 4.69) is 40.1 Å². The van der Waals surface area contributed by atoms with Gasteiger partial charge in [0, 0.05) is 61.7 Å². The van der Waals surface area contributed by atoms with Crippen molar-refractivity contribution in [3.63, 3.8) is 0 Å². The number of carbonyl (C=O) groups excluding carboxylic acids is 1. The van der Waals surface area contributed by atoms with Gasteiger partial charge in [-0.2, -0.15) is 15.2 Å². The molecule has 1 amide bonds. The number of rotatable bonds is 8. The van der Waals surface area contributed by atoms with Gasteiger partial charge in [0.05, 0.1) is 29.9 Å². The molecule has 2 aliphatic heterocycles. The molecule has 3 aromatic rings. The smallest absolute Gasteiger partial charge is 0.410 e. The van der Waals surface area contributed by atoms with E-state index in [1.54, 1.807) is 11.9 Å². The van der Waals surface area contributed by atoms with Gasteiger partial charge in [0.1, 0.15) is 11.4 Å². The number of hydrogen-bond donors (Lipinski definition) is 0. The first-order valence-corrected chi connectivity index (χ1v) is 16.4. The van der Waals surface area contributed by atoms with Crippen LogP contribution < -0.4 is 14.5 Å². The number of halogens is 1. The van der Waals surface area contributed by atoms with Gasteiger partial charge < -0.3 is 24.2 Å². The fourth-order valence-corrected chi connectivity index (χ4v) is 6.94. The minimum absolute atomic E-state index is 0.139. The molecule has 1 aliphatic carbocycles. The maximum absolute atomic E-state index is 12.6. The predicted molar refractivity (Wildman–Crippen MR) is 177 cm³/mol. The quantitative estimate of drug-likeness (QED) is 0.263. The van der Waals surface area contributed by atoms with Crippen LogP contribution in [-0.4, -0.2) is 66.4 Å². The molecule has 0 N–H and O–H groups in total. The molecule has 238 valence electrons. The molecule has 6 rings (SSSR count). The Labute approximate surface area is 271 Å². The summed E-state index contributed by atoms with van der Waals surface area (Å²) in [6, 6.07) is 15.1. The van der Waals surface area contributed by atoms with E-state index in [0.717, 1.165) is 90.3 Å². The van der Waals surface area contributed by atoms with Crippen LogP contribution in [-0.2, 0) is 17.7 Å². The number of nitrogens with zero attached hydrogens (tertiary/aromatic N) is 6. The topological polar surface area (TPSA) is 94.8 Å². The van der Waals surface area contributed by atoms with Crippen LogP contribution in [0.5, 0.6) is 6.01 Å². The van der Waals surface area contributed by atoms with Crippen molar-refractivity contribution in [1.29, 1.82) is 5.26 Å². The molecular formula is C35H43ClN6O3. The van der Waals surface area contributed by atoms with Crippen LogP contribution in [0.3, 0.4) is 0 Å². The lowest BCUT2D eigenvalue weighted by molar-refractivity contribution is 0.0245. The summed E-state index contributed by atoms with van der Waals surface area (Å²) >= 11 is 6.72. The maximum atomic E-state index is 12.6. The van der Waals surface area contributed by atoms with Crippen LogP contribution in [0.2, 0.25) is 5.02 Å². The number of piperidine rings is 1. The van der Waals surface area contributed by atoms with E-state index < -0.39 is 5.60 Å². The molecule has 1 saturated carbocycles. The second-order valence-corrected chi connectivity index (χ2v) is 14.4. The molecule has 3 heterocycles. The van der Waals surface area contributed by atoms with Gasteiger partial charge in [-0.15, -0.1) is 0 Å². The van der Waals surface area contributed by atoms with Crippen molar-refractivity contribution >= 4 is 40.0 Å². The average Bonchev–Trinajstić information content (AvgIpc) is 3.78. The molecule has 0 bridgehead atoms. The van der Waals surface area contributed by atoms with Crippen molar-refractivity contribution < 1.29 is 14.3 Å². The molecule has 10 heteroatoms. The molecule has 1 saturated heterocycles. The third-order valence-electron chi connectivity index (χ3n) is 9.14. The number of aromatic nitrogens is 2. The van der Waals surface area contributed by atoms with Crippen LogP contribution >= 0.6 is 11.6 Å². The molecule has 9 nitrogen and oxygen atoms in total. The SMILES string of the molecule is CN(CC1(COc2nc3c(c(N4CCCC(CC#N)C4)n2)CCN(c2cccc4cccc(Cl)c24)C3)CC1)C(=O)OC(C)(C)C. The average molecular weight is 631 g/mol. The van der Waals surface area contributed by atoms with Gasteiger partial charge in [-0.05, 0) is 76.3 Å². The number of fused-ring (bicyclic) bond motifs is 2. The first-order chi connectivity index (χ1) is 21.5. The van der Waals surface area contributed by atoms with Gasteiger partial charge in [-0.3, -0.25) is 0 Å². The third-order valence-corrected chi connectivity index (χ3v) is 9.45. The number of hydrogen-bond acceptors (Lipinski definition) is 8. The van der Waals surface area contributed by atoms with Gasteiger partial charge in [0.15, 0.2) is 0 Å². The number of ether oxygens (including phenoxy) is 2. The highest BCUT2D eigenvalue weighted by Crippen LogP contribution is 2.47. The van der Waals surface area contributed by atoms with Crippen LogP contribution in [0.1, 0.15) is 64.1 Å². The molecule has 1 unspecified atom stereocenters. The third kappa shape index (κ3) is 7.06. The zero-order chi connectivity index (χ0) is 31.8. The lowest BCUT2D eigenvalue weighted by atomic mass is 9.94. The van der Waals surface area contributed by atoms with E-state index in [1.807, 2.05) is 32.9 Å². The van der Waals surface area contributed by atoms with Gasteiger partial charge >= 0.3 is 12.1 Å². The molecule has 0 spiro atoms. The number of nitriles is 1. The van der Waals surface area contributed by atoms with E-state index in [9.17, 15) is 10.1 Å². The lowest BCUT2D eigenvalue weighted by Gasteiger charge is -2.37. The van der Waals surface area contributed by atoms with Crippen molar-refractivity contribution in [2.24, 2.45) is 11.3 Å². The van der Waals surface area contributed by atoms with Crippen molar-refractivity contribution in [2.45, 2.75) is 71.4 Å². The molecule has 2 aromatic carbocycles. The normalized spacial score (nSPS) is 19.1. The summed E-state index contributed by atoms with van der Waals surface area (Å²) in [6.45, 7) is 9.76. The van der Waals surface area contributed by atoms with Gasteiger partial charge in [0.2, 0.25) is 0 Å². The minimum atomic E-state index is -0.544. The lowest BCUT2D eigenvalue weighted by Crippen LogP contribution is -2.39. The molecule has 1 atom stereocenters. The molecule has 1 aromatic heterocycles. The Morgan fingerprint density at radius 2 is 1.93 bits per heavy atom. The standard InChI is InChI=1S/C35H43ClN6O3/c1-34(2,3)45-33(43)40(4)22-35(15-16-35)23-44-32-38-28-21-41(29-12-6-10-25-9-5-11-27(36)30(25)29)19-14-26(28)31(39-32)42-18-7-8-24(20-42)13-17-37/h5-6,9-12,24H,7-8,13-16,18-23H2,1-4H3. The largest absolute Gasteiger partial charge is 0.463 e. The van der Waals surface area contributed by atoms with Gasteiger partial charge in [-0.25, -0.2) is 4.79 Å². The number of benzene rings is 2. The summed E-state index contributed by atoms with van der Waals surface area (Å²) in [5.41, 5.74) is 2.54. The van der Waals surface area contributed by atoms with E-state index in [0.29, 0.717) is 38.0 Å². The van der Waals surface area contributed by atoms with Crippen LogP contribution in [0.15, 0.2) is 36.4 Å². The summed E-state index contributed by atoms with van der Waals surface area (Å²) < 4.78 is 12.0. The molecule has 45 heavy (non-hydrogen) atoms. The van der Waals surface area contributed by atoms with E-state index in [-0.39, 0.29) is 11.5 Å². The fourth-order valence-electron chi connectivity index (χ4n) is 6.66. The van der Waals surface area contributed by atoms with E-state index >= 15 is 0 Å². The summed E-state index contributed by atoms with van der Waals surface area (Å²) in [5.74, 6) is 1.26. The van der Waals surface area contributed by atoms with Gasteiger partial charge in [-0.1, -0.05) is 35.9 Å². The Morgan fingerprint density at radius 1 is 1.16 bits per heavy atom. The predicted octanol–water partition coefficient (Wildman–Crippen LogP) is 7.00. The van der Waals surface area contributed by atoms with Crippen molar-refractivity contribution in [2.75, 3.05) is 49.6 Å². The number of anilines is 2. The fraction of sp³-hybridized carbons (Fsp3) is 0.543. The second kappa shape index (κ2) is 12.6. The minimum Gasteiger partial charge on any atom is -0.463 e. The summed E-state index contributed by atoms with van der Waals surface area (Å²) in [7, 11) is 1.78. The highest BCUT2D eigenvalue weighted by atomic mass is 35.5. The Hall–Kier alpha value is -3.77. The molecular weight excluding hydrogens is 588 g/mol. The molecule has 3 aliphatic rings. The number of carbonyl (C=O) groups is 1. The Morgan fingerprint density at radius 3 is 2.67 bits per heavy atom. The van der Waals surface area contributed by atoms with Crippen LogP contribution in [0, 0.1) is 22.7 Å². The summed E-state index contributed by atoms with van der Waals surface area (Å²) in [5, 5.41) is 12.3. The van der Waals surface area contributed by atoms with Crippen LogP contribution in [0.25, 0.3) is 10.8 Å². The first kappa shape index (κ1) is 31.2. The summed E-state index contributed by atoms with van der Waals surface area (Å²) in [6.07, 6.45) is 5.05. The summed E-state index contributed by atoms with van der Waals surface area (Å²) in [4.78, 5) is 29.0. The van der Waals surface area contributed by atoms with Crippen molar-refractivity contribution in [3.8, 4) is 12.1 Å². The highest BCUT2D eigenvalue weighted by molar-refractivity contribution is 6.36. The van der Waals surface area contributed by atoms with E-state index in [4.69, 9.17) is 31.0 Å². The zero-order valence-electron chi connectivity index (χ0n) is 26.8.